The maximum absolute atomic E-state index is 11.6. The molecule has 17 heavy (non-hydrogen) atoms. The highest BCUT2D eigenvalue weighted by Crippen LogP contribution is 2.08. The van der Waals surface area contributed by atoms with Crippen molar-refractivity contribution in [1.29, 1.82) is 0 Å². The maximum atomic E-state index is 11.6. The lowest BCUT2D eigenvalue weighted by Crippen LogP contribution is -2.45. The van der Waals surface area contributed by atoms with Crippen molar-refractivity contribution in [2.75, 3.05) is 27.2 Å². The molecule has 0 bridgehead atoms. The van der Waals surface area contributed by atoms with Crippen LogP contribution in [0.1, 0.15) is 19.3 Å². The standard InChI is InChI=1S/C11H21N3O3/c1-14-5-3-8(4-6-14)13-10(15)7-9(12)11(16)17-2/h8-9H,3-7,12H2,1-2H3,(H,13,15). The average Bonchev–Trinajstić information content (AvgIpc) is 2.30. The number of piperidine rings is 1. The largest absolute Gasteiger partial charge is 0.468 e. The van der Waals surface area contributed by atoms with Crippen LogP contribution < -0.4 is 11.1 Å². The summed E-state index contributed by atoms with van der Waals surface area (Å²) in [5.41, 5.74) is 5.51. The van der Waals surface area contributed by atoms with E-state index in [0.717, 1.165) is 25.9 Å². The van der Waals surface area contributed by atoms with Gasteiger partial charge in [-0.05, 0) is 33.0 Å². The summed E-state index contributed by atoms with van der Waals surface area (Å²) >= 11 is 0. The van der Waals surface area contributed by atoms with Gasteiger partial charge in [0.2, 0.25) is 5.91 Å². The maximum Gasteiger partial charge on any atom is 0.323 e. The fourth-order valence-corrected chi connectivity index (χ4v) is 1.87. The molecule has 6 nitrogen and oxygen atoms in total. The van der Waals surface area contributed by atoms with Gasteiger partial charge in [0.1, 0.15) is 6.04 Å². The van der Waals surface area contributed by atoms with Gasteiger partial charge in [-0.2, -0.15) is 0 Å². The van der Waals surface area contributed by atoms with E-state index in [4.69, 9.17) is 5.73 Å². The normalized spacial score (nSPS) is 19.7. The van der Waals surface area contributed by atoms with Gasteiger partial charge in [0.15, 0.2) is 0 Å². The molecule has 1 amide bonds. The Morgan fingerprint density at radius 3 is 2.59 bits per heavy atom. The first-order valence-corrected chi connectivity index (χ1v) is 5.84. The molecule has 0 saturated carbocycles. The summed E-state index contributed by atoms with van der Waals surface area (Å²) in [5, 5.41) is 2.90. The average molecular weight is 243 g/mol. The van der Waals surface area contributed by atoms with Crippen LogP contribution in [0.15, 0.2) is 0 Å². The molecule has 1 rings (SSSR count). The molecule has 98 valence electrons. The quantitative estimate of drug-likeness (QED) is 0.624. The predicted octanol–water partition coefficient (Wildman–Crippen LogP) is -0.913. The summed E-state index contributed by atoms with van der Waals surface area (Å²) < 4.78 is 4.47. The number of hydrogen-bond acceptors (Lipinski definition) is 5. The van der Waals surface area contributed by atoms with Crippen LogP contribution in [-0.2, 0) is 14.3 Å². The first-order valence-electron chi connectivity index (χ1n) is 5.84. The van der Waals surface area contributed by atoms with Gasteiger partial charge in [0, 0.05) is 6.04 Å². The van der Waals surface area contributed by atoms with Crippen molar-refractivity contribution in [2.24, 2.45) is 5.73 Å². The molecule has 0 aliphatic carbocycles. The number of carbonyl (C=O) groups excluding carboxylic acids is 2. The second-order valence-corrected chi connectivity index (χ2v) is 4.48. The Labute approximate surface area is 101 Å². The fourth-order valence-electron chi connectivity index (χ4n) is 1.87. The van der Waals surface area contributed by atoms with Crippen molar-refractivity contribution in [3.8, 4) is 0 Å². The molecule has 3 N–H and O–H groups in total. The zero-order valence-electron chi connectivity index (χ0n) is 10.4. The van der Waals surface area contributed by atoms with E-state index >= 15 is 0 Å². The van der Waals surface area contributed by atoms with Crippen molar-refractivity contribution in [2.45, 2.75) is 31.3 Å². The van der Waals surface area contributed by atoms with Crippen molar-refractivity contribution < 1.29 is 14.3 Å². The molecule has 1 unspecified atom stereocenters. The Morgan fingerprint density at radius 2 is 2.06 bits per heavy atom. The van der Waals surface area contributed by atoms with E-state index in [0.29, 0.717) is 0 Å². The van der Waals surface area contributed by atoms with Crippen molar-refractivity contribution >= 4 is 11.9 Å². The zero-order chi connectivity index (χ0) is 12.8. The summed E-state index contributed by atoms with van der Waals surface area (Å²) in [6, 6.07) is -0.671. The lowest BCUT2D eigenvalue weighted by Gasteiger charge is -2.29. The van der Waals surface area contributed by atoms with Crippen LogP contribution in [0.2, 0.25) is 0 Å². The third-order valence-electron chi connectivity index (χ3n) is 2.99. The number of carbonyl (C=O) groups is 2. The summed E-state index contributed by atoms with van der Waals surface area (Å²) in [6.45, 7) is 1.96. The second kappa shape index (κ2) is 6.56. The molecular formula is C11H21N3O3. The Balaban J connectivity index is 2.27. The van der Waals surface area contributed by atoms with Gasteiger partial charge >= 0.3 is 5.97 Å². The number of esters is 1. The Bertz CT molecular complexity index is 275. The molecule has 0 spiro atoms. The second-order valence-electron chi connectivity index (χ2n) is 4.48. The Morgan fingerprint density at radius 1 is 1.47 bits per heavy atom. The van der Waals surface area contributed by atoms with E-state index in [-0.39, 0.29) is 18.4 Å². The van der Waals surface area contributed by atoms with E-state index in [1.165, 1.54) is 7.11 Å². The van der Waals surface area contributed by atoms with Gasteiger partial charge in [0.05, 0.1) is 13.5 Å². The highest BCUT2D eigenvalue weighted by Gasteiger charge is 2.22. The minimum atomic E-state index is -0.869. The SMILES string of the molecule is COC(=O)C(N)CC(=O)NC1CCN(C)CC1. The molecule has 0 aromatic heterocycles. The molecule has 1 aliphatic rings. The minimum absolute atomic E-state index is 0.0149. The van der Waals surface area contributed by atoms with Crippen LogP contribution in [0.25, 0.3) is 0 Å². The van der Waals surface area contributed by atoms with Crippen molar-refractivity contribution in [3.63, 3.8) is 0 Å². The van der Waals surface area contributed by atoms with Crippen LogP contribution in [-0.4, -0.2) is 56.1 Å². The first kappa shape index (κ1) is 13.9. The van der Waals surface area contributed by atoms with E-state index in [1.54, 1.807) is 0 Å². The monoisotopic (exact) mass is 243 g/mol. The highest BCUT2D eigenvalue weighted by molar-refractivity contribution is 5.85. The summed E-state index contributed by atoms with van der Waals surface area (Å²) in [7, 11) is 3.32. The van der Waals surface area contributed by atoms with Gasteiger partial charge < -0.3 is 20.7 Å². The van der Waals surface area contributed by atoms with Gasteiger partial charge in [-0.25, -0.2) is 0 Å². The van der Waals surface area contributed by atoms with Gasteiger partial charge in [-0.1, -0.05) is 0 Å². The van der Waals surface area contributed by atoms with Crippen LogP contribution in [0.3, 0.4) is 0 Å². The highest BCUT2D eigenvalue weighted by atomic mass is 16.5. The van der Waals surface area contributed by atoms with Crippen LogP contribution in [0.4, 0.5) is 0 Å². The van der Waals surface area contributed by atoms with Crippen LogP contribution >= 0.6 is 0 Å². The molecule has 1 aliphatic heterocycles. The van der Waals surface area contributed by atoms with Crippen molar-refractivity contribution in [3.05, 3.63) is 0 Å². The topological polar surface area (TPSA) is 84.7 Å². The van der Waals surface area contributed by atoms with E-state index in [1.807, 2.05) is 0 Å². The first-order chi connectivity index (χ1) is 8.02. The minimum Gasteiger partial charge on any atom is -0.468 e. The Kier molecular flexibility index (Phi) is 5.37. The third kappa shape index (κ3) is 4.70. The molecule has 1 saturated heterocycles. The number of nitrogens with two attached hydrogens (primary N) is 1. The van der Waals surface area contributed by atoms with E-state index < -0.39 is 12.0 Å². The summed E-state index contributed by atoms with van der Waals surface area (Å²) in [5.74, 6) is -0.735. The Hall–Kier alpha value is -1.14. The molecule has 0 aromatic carbocycles. The molecule has 1 fully saturated rings. The van der Waals surface area contributed by atoms with Crippen LogP contribution in [0.5, 0.6) is 0 Å². The molecule has 6 heteroatoms. The number of hydrogen-bond donors (Lipinski definition) is 2. The van der Waals surface area contributed by atoms with Crippen LogP contribution in [0, 0.1) is 0 Å². The molecular weight excluding hydrogens is 222 g/mol. The lowest BCUT2D eigenvalue weighted by molar-refractivity contribution is -0.143. The predicted molar refractivity (Wildman–Crippen MR) is 63.3 cm³/mol. The zero-order valence-corrected chi connectivity index (χ0v) is 10.4. The molecule has 0 radical (unpaired) electrons. The number of nitrogens with zero attached hydrogens (tertiary/aromatic N) is 1. The fraction of sp³-hybridized carbons (Fsp3) is 0.818. The van der Waals surface area contributed by atoms with Gasteiger partial charge in [-0.3, -0.25) is 9.59 Å². The molecule has 1 atom stereocenters. The number of rotatable bonds is 4. The lowest BCUT2D eigenvalue weighted by atomic mass is 10.1. The number of ether oxygens (including phenoxy) is 1. The van der Waals surface area contributed by atoms with Gasteiger partial charge in [-0.15, -0.1) is 0 Å². The van der Waals surface area contributed by atoms with Crippen molar-refractivity contribution in [1.82, 2.24) is 10.2 Å². The molecule has 0 aromatic rings. The number of likely N-dealkylation sites (tertiary alicyclic amines) is 1. The number of methoxy groups -OCH3 is 1. The third-order valence-corrected chi connectivity index (χ3v) is 2.99. The molecule has 1 heterocycles. The summed E-state index contributed by atoms with van der Waals surface area (Å²) in [6.07, 6.45) is 1.87. The van der Waals surface area contributed by atoms with E-state index in [2.05, 4.69) is 22.0 Å². The number of nitrogens with one attached hydrogen (secondary N) is 1. The van der Waals surface area contributed by atoms with E-state index in [9.17, 15) is 9.59 Å². The number of amides is 1. The van der Waals surface area contributed by atoms with Gasteiger partial charge in [0.25, 0.3) is 0 Å². The smallest absolute Gasteiger partial charge is 0.323 e. The summed E-state index contributed by atoms with van der Waals surface area (Å²) in [4.78, 5) is 24.9.